The Hall–Kier alpha value is -4.09. The molecule has 8 heteroatoms. The number of hydrogen-bond acceptors (Lipinski definition) is 6. The van der Waals surface area contributed by atoms with Crippen LogP contribution in [-0.2, 0) is 6.54 Å². The molecule has 2 aromatic carbocycles. The minimum Gasteiger partial charge on any atom is -0.270 e. The van der Waals surface area contributed by atoms with Crippen LogP contribution < -0.4 is 4.90 Å². The van der Waals surface area contributed by atoms with Gasteiger partial charge >= 0.3 is 0 Å². The van der Waals surface area contributed by atoms with E-state index in [4.69, 9.17) is 0 Å². The van der Waals surface area contributed by atoms with Gasteiger partial charge in [-0.15, -0.1) is 11.3 Å². The zero-order chi connectivity index (χ0) is 21.0. The number of anilines is 1. The van der Waals surface area contributed by atoms with Crippen molar-refractivity contribution in [2.45, 2.75) is 6.54 Å². The molecule has 0 saturated heterocycles. The van der Waals surface area contributed by atoms with Gasteiger partial charge in [0.1, 0.15) is 11.1 Å². The van der Waals surface area contributed by atoms with Crippen molar-refractivity contribution in [3.63, 3.8) is 0 Å². The third-order valence-corrected chi connectivity index (χ3v) is 6.18. The molecule has 30 heavy (non-hydrogen) atoms. The fourth-order valence-electron chi connectivity index (χ4n) is 3.71. The summed E-state index contributed by atoms with van der Waals surface area (Å²) >= 11 is 1.06. The van der Waals surface area contributed by atoms with E-state index >= 15 is 0 Å². The minimum atomic E-state index is -0.499. The van der Waals surface area contributed by atoms with E-state index < -0.39 is 23.6 Å². The molecule has 2 aliphatic rings. The van der Waals surface area contributed by atoms with Crippen molar-refractivity contribution in [1.29, 1.82) is 5.26 Å². The zero-order valence-corrected chi connectivity index (χ0v) is 16.1. The van der Waals surface area contributed by atoms with Crippen molar-refractivity contribution < 1.29 is 19.2 Å². The highest BCUT2D eigenvalue weighted by molar-refractivity contribution is 7.15. The van der Waals surface area contributed by atoms with Gasteiger partial charge in [0.05, 0.1) is 34.4 Å². The number of fused-ring (bicyclic) bond motifs is 2. The largest absolute Gasteiger partial charge is 0.270 e. The van der Waals surface area contributed by atoms with Crippen molar-refractivity contribution in [3.8, 4) is 6.07 Å². The van der Waals surface area contributed by atoms with Crippen LogP contribution in [0.2, 0.25) is 0 Å². The van der Waals surface area contributed by atoms with Crippen LogP contribution in [0.15, 0.2) is 53.9 Å². The maximum absolute atomic E-state index is 12.8. The SMILES string of the molecule is N#Cc1c(CN2C(=O)c3ccccc3C2=O)csc1N1C(=O)c2ccccc2C1=O. The van der Waals surface area contributed by atoms with E-state index in [1.165, 1.54) is 0 Å². The Morgan fingerprint density at radius 1 is 0.767 bits per heavy atom. The third-order valence-electron chi connectivity index (χ3n) is 5.16. The summed E-state index contributed by atoms with van der Waals surface area (Å²) in [6.45, 7) is -0.116. The highest BCUT2D eigenvalue weighted by Gasteiger charge is 2.40. The average Bonchev–Trinajstić information content (AvgIpc) is 3.36. The molecule has 144 valence electrons. The van der Waals surface area contributed by atoms with Gasteiger partial charge in [-0.3, -0.25) is 24.1 Å². The first-order valence-corrected chi connectivity index (χ1v) is 9.84. The molecule has 0 fully saturated rings. The van der Waals surface area contributed by atoms with Crippen LogP contribution in [0.5, 0.6) is 0 Å². The summed E-state index contributed by atoms with van der Waals surface area (Å²) in [5.41, 5.74) is 1.70. The average molecular weight is 413 g/mol. The normalized spacial score (nSPS) is 14.9. The predicted octanol–water partition coefficient (Wildman–Crippen LogP) is 3.22. The van der Waals surface area contributed by atoms with Gasteiger partial charge in [-0.1, -0.05) is 24.3 Å². The number of amides is 4. The maximum Gasteiger partial charge on any atom is 0.266 e. The topological polar surface area (TPSA) is 98.5 Å². The van der Waals surface area contributed by atoms with E-state index in [0.29, 0.717) is 16.7 Å². The van der Waals surface area contributed by atoms with Gasteiger partial charge in [0.2, 0.25) is 0 Å². The van der Waals surface area contributed by atoms with Gasteiger partial charge in [-0.2, -0.15) is 5.26 Å². The van der Waals surface area contributed by atoms with Gasteiger partial charge in [-0.25, -0.2) is 4.90 Å². The van der Waals surface area contributed by atoms with Gasteiger partial charge in [0.15, 0.2) is 0 Å². The van der Waals surface area contributed by atoms with Crippen molar-refractivity contribution in [1.82, 2.24) is 4.90 Å². The molecule has 0 bridgehead atoms. The number of carbonyl (C=O) groups excluding carboxylic acids is 4. The van der Waals surface area contributed by atoms with E-state index in [-0.39, 0.29) is 28.2 Å². The second kappa shape index (κ2) is 6.47. The van der Waals surface area contributed by atoms with Crippen LogP contribution in [0.3, 0.4) is 0 Å². The summed E-state index contributed by atoms with van der Waals surface area (Å²) in [4.78, 5) is 52.9. The quantitative estimate of drug-likeness (QED) is 0.614. The summed E-state index contributed by atoms with van der Waals surface area (Å²) in [6, 6.07) is 15.0. The van der Waals surface area contributed by atoms with E-state index in [1.54, 1.807) is 53.9 Å². The summed E-state index contributed by atoms with van der Waals surface area (Å²) in [6.07, 6.45) is 0. The lowest BCUT2D eigenvalue weighted by atomic mass is 10.1. The molecule has 5 rings (SSSR count). The Bertz CT molecular complexity index is 1260. The van der Waals surface area contributed by atoms with Crippen molar-refractivity contribution in [3.05, 3.63) is 87.3 Å². The van der Waals surface area contributed by atoms with Gasteiger partial charge in [0.25, 0.3) is 23.6 Å². The fourth-order valence-corrected chi connectivity index (χ4v) is 4.72. The van der Waals surface area contributed by atoms with E-state index in [1.807, 2.05) is 6.07 Å². The molecule has 4 amide bonds. The molecule has 0 atom stereocenters. The fraction of sp³-hybridized carbons (Fsp3) is 0.0455. The number of rotatable bonds is 3. The third kappa shape index (κ3) is 2.36. The highest BCUT2D eigenvalue weighted by atomic mass is 32.1. The van der Waals surface area contributed by atoms with E-state index in [9.17, 15) is 24.4 Å². The van der Waals surface area contributed by atoms with E-state index in [2.05, 4.69) is 0 Å². The molecule has 2 aliphatic heterocycles. The monoisotopic (exact) mass is 413 g/mol. The Morgan fingerprint density at radius 3 is 1.70 bits per heavy atom. The number of benzene rings is 2. The molecule has 0 radical (unpaired) electrons. The number of nitrogens with zero attached hydrogens (tertiary/aromatic N) is 3. The van der Waals surface area contributed by atoms with Crippen LogP contribution in [0, 0.1) is 11.3 Å². The molecule has 3 heterocycles. The Morgan fingerprint density at radius 2 is 1.23 bits per heavy atom. The summed E-state index contributed by atoms with van der Waals surface area (Å²) in [5.74, 6) is -1.87. The van der Waals surface area contributed by atoms with Gasteiger partial charge < -0.3 is 0 Å². The van der Waals surface area contributed by atoms with Crippen molar-refractivity contribution >= 4 is 40.0 Å². The molecule has 0 N–H and O–H groups in total. The minimum absolute atomic E-state index is 0.103. The predicted molar refractivity (Wildman–Crippen MR) is 107 cm³/mol. The molecule has 3 aromatic rings. The maximum atomic E-state index is 12.8. The lowest BCUT2D eigenvalue weighted by Gasteiger charge is -2.14. The molecule has 0 unspecified atom stereocenters. The number of nitriles is 1. The second-order valence-electron chi connectivity index (χ2n) is 6.79. The van der Waals surface area contributed by atoms with Crippen LogP contribution in [-0.4, -0.2) is 28.5 Å². The standard InChI is InChI=1S/C22H11N3O4S/c23-9-17-12(10-24-18(26)13-5-1-2-6-14(13)19(24)27)11-30-22(17)25-20(28)15-7-3-4-8-16(15)21(25)29/h1-8,11H,10H2. The summed E-state index contributed by atoms with van der Waals surface area (Å²) < 4.78 is 0. The molecule has 0 aliphatic carbocycles. The van der Waals surface area contributed by atoms with Crippen LogP contribution in [0.4, 0.5) is 5.00 Å². The number of imide groups is 2. The molecule has 0 saturated carbocycles. The lowest BCUT2D eigenvalue weighted by molar-refractivity contribution is 0.0641. The Kier molecular flexibility index (Phi) is 3.88. The first-order chi connectivity index (χ1) is 14.5. The van der Waals surface area contributed by atoms with Crippen LogP contribution in [0.25, 0.3) is 0 Å². The number of carbonyl (C=O) groups is 4. The van der Waals surface area contributed by atoms with Crippen LogP contribution >= 0.6 is 11.3 Å². The second-order valence-corrected chi connectivity index (χ2v) is 7.64. The molecule has 7 nitrogen and oxygen atoms in total. The van der Waals surface area contributed by atoms with Crippen molar-refractivity contribution in [2.24, 2.45) is 0 Å². The smallest absolute Gasteiger partial charge is 0.266 e. The molecular formula is C22H11N3O4S. The molecule has 0 spiro atoms. The Balaban J connectivity index is 1.50. The van der Waals surface area contributed by atoms with Gasteiger partial charge in [0, 0.05) is 5.56 Å². The van der Waals surface area contributed by atoms with E-state index in [0.717, 1.165) is 21.1 Å². The lowest BCUT2D eigenvalue weighted by Crippen LogP contribution is -2.30. The molecular weight excluding hydrogens is 402 g/mol. The highest BCUT2D eigenvalue weighted by Crippen LogP contribution is 2.38. The van der Waals surface area contributed by atoms with Gasteiger partial charge in [-0.05, 0) is 29.6 Å². The van der Waals surface area contributed by atoms with Crippen LogP contribution in [0.1, 0.15) is 52.6 Å². The first-order valence-electron chi connectivity index (χ1n) is 8.96. The zero-order valence-electron chi connectivity index (χ0n) is 15.3. The van der Waals surface area contributed by atoms with Crippen molar-refractivity contribution in [2.75, 3.05) is 4.90 Å². The molecule has 1 aromatic heterocycles. The first kappa shape index (κ1) is 18.0. The Labute approximate surface area is 174 Å². The summed E-state index contributed by atoms with van der Waals surface area (Å²) in [5, 5.41) is 11.5. The summed E-state index contributed by atoms with van der Waals surface area (Å²) in [7, 11) is 0. The number of hydrogen-bond donors (Lipinski definition) is 0. The number of thiophene rings is 1.